The first-order valence-corrected chi connectivity index (χ1v) is 4.45. The molecule has 0 spiro atoms. The monoisotopic (exact) mass is 197 g/mol. The van der Waals surface area contributed by atoms with Crippen LogP contribution in [0.25, 0.3) is 0 Å². The van der Waals surface area contributed by atoms with Crippen molar-refractivity contribution >= 4 is 5.91 Å². The number of amides is 1. The molecule has 1 rings (SSSR count). The summed E-state index contributed by atoms with van der Waals surface area (Å²) in [6, 6.07) is 0.0992. The zero-order valence-electron chi connectivity index (χ0n) is 8.87. The molecule has 0 saturated heterocycles. The van der Waals surface area contributed by atoms with Gasteiger partial charge in [0, 0.05) is 6.04 Å². The van der Waals surface area contributed by atoms with Gasteiger partial charge in [0.1, 0.15) is 13.4 Å². The van der Waals surface area contributed by atoms with E-state index in [2.05, 4.69) is 10.3 Å². The van der Waals surface area contributed by atoms with E-state index < -0.39 is 0 Å². The Bertz CT molecular complexity index is 331. The third-order valence-corrected chi connectivity index (χ3v) is 1.75. The summed E-state index contributed by atoms with van der Waals surface area (Å²) in [5, 5.41) is 2.78. The number of hydrogen-bond donors (Lipinski definition) is 1. The molecule has 0 saturated carbocycles. The van der Waals surface area contributed by atoms with Crippen LogP contribution in [0.4, 0.5) is 0 Å². The fourth-order valence-electron chi connectivity index (χ4n) is 1.15. The maximum atomic E-state index is 11.7. The van der Waals surface area contributed by atoms with E-state index in [4.69, 9.17) is 4.84 Å². The van der Waals surface area contributed by atoms with E-state index in [0.717, 1.165) is 0 Å². The van der Waals surface area contributed by atoms with Crippen LogP contribution < -0.4 is 10.2 Å². The standard InChI is InChI=1S/C9H15N3O2/c1-6(2)11-9(13)8-7(3)10-5-12(8)14-4/h5-6H,1-4H3,(H,11,13). The van der Waals surface area contributed by atoms with Gasteiger partial charge in [-0.05, 0) is 20.8 Å². The molecule has 1 heterocycles. The van der Waals surface area contributed by atoms with E-state index in [0.29, 0.717) is 11.4 Å². The maximum absolute atomic E-state index is 11.7. The summed E-state index contributed by atoms with van der Waals surface area (Å²) in [6.45, 7) is 5.58. The number of nitrogens with zero attached hydrogens (tertiary/aromatic N) is 2. The van der Waals surface area contributed by atoms with Crippen molar-refractivity contribution in [3.8, 4) is 0 Å². The van der Waals surface area contributed by atoms with Crippen LogP contribution in [0.5, 0.6) is 0 Å². The number of aromatic nitrogens is 2. The Labute approximate surface area is 83.0 Å². The summed E-state index contributed by atoms with van der Waals surface area (Å²) < 4.78 is 1.35. The highest BCUT2D eigenvalue weighted by Gasteiger charge is 2.16. The normalized spacial score (nSPS) is 10.4. The molecule has 1 amide bonds. The van der Waals surface area contributed by atoms with Crippen molar-refractivity contribution < 1.29 is 9.63 Å². The average molecular weight is 197 g/mol. The number of aryl methyl sites for hydroxylation is 1. The van der Waals surface area contributed by atoms with Crippen molar-refractivity contribution in [2.24, 2.45) is 0 Å². The molecule has 5 heteroatoms. The van der Waals surface area contributed by atoms with Gasteiger partial charge in [-0.2, -0.15) is 4.73 Å². The minimum absolute atomic E-state index is 0.0992. The van der Waals surface area contributed by atoms with E-state index in [1.807, 2.05) is 13.8 Å². The van der Waals surface area contributed by atoms with Gasteiger partial charge in [0.05, 0.1) is 5.69 Å². The molecule has 14 heavy (non-hydrogen) atoms. The van der Waals surface area contributed by atoms with Crippen molar-refractivity contribution in [1.29, 1.82) is 0 Å². The lowest BCUT2D eigenvalue weighted by Crippen LogP contribution is -2.33. The molecule has 0 unspecified atom stereocenters. The summed E-state index contributed by atoms with van der Waals surface area (Å²) >= 11 is 0. The van der Waals surface area contributed by atoms with Gasteiger partial charge in [0.25, 0.3) is 5.91 Å². The van der Waals surface area contributed by atoms with Gasteiger partial charge in [0.2, 0.25) is 0 Å². The van der Waals surface area contributed by atoms with Crippen LogP contribution in [-0.4, -0.2) is 28.8 Å². The Morgan fingerprint density at radius 2 is 2.29 bits per heavy atom. The highest BCUT2D eigenvalue weighted by atomic mass is 16.6. The Hall–Kier alpha value is -1.52. The largest absolute Gasteiger partial charge is 0.415 e. The Kier molecular flexibility index (Phi) is 3.11. The van der Waals surface area contributed by atoms with Crippen LogP contribution in [0.3, 0.4) is 0 Å². The van der Waals surface area contributed by atoms with Gasteiger partial charge < -0.3 is 10.2 Å². The summed E-state index contributed by atoms with van der Waals surface area (Å²) in [7, 11) is 1.49. The third-order valence-electron chi connectivity index (χ3n) is 1.75. The fourth-order valence-corrected chi connectivity index (χ4v) is 1.15. The number of carbonyl (C=O) groups excluding carboxylic acids is 1. The molecule has 0 fully saturated rings. The van der Waals surface area contributed by atoms with Crippen molar-refractivity contribution in [2.45, 2.75) is 26.8 Å². The van der Waals surface area contributed by atoms with E-state index in [-0.39, 0.29) is 11.9 Å². The first-order valence-electron chi connectivity index (χ1n) is 4.45. The smallest absolute Gasteiger partial charge is 0.273 e. The molecule has 0 radical (unpaired) electrons. The molecule has 0 aliphatic heterocycles. The second-order valence-corrected chi connectivity index (χ2v) is 3.32. The second kappa shape index (κ2) is 4.13. The van der Waals surface area contributed by atoms with Gasteiger partial charge in [-0.15, -0.1) is 0 Å². The number of rotatable bonds is 3. The zero-order valence-corrected chi connectivity index (χ0v) is 8.87. The lowest BCUT2D eigenvalue weighted by atomic mass is 10.3. The predicted octanol–water partition coefficient (Wildman–Crippen LogP) is 0.388. The van der Waals surface area contributed by atoms with Crippen LogP contribution >= 0.6 is 0 Å². The topological polar surface area (TPSA) is 56.2 Å². The van der Waals surface area contributed by atoms with E-state index in [1.54, 1.807) is 6.92 Å². The van der Waals surface area contributed by atoms with Crippen LogP contribution in [0.2, 0.25) is 0 Å². The van der Waals surface area contributed by atoms with Gasteiger partial charge >= 0.3 is 0 Å². The highest BCUT2D eigenvalue weighted by molar-refractivity contribution is 5.93. The van der Waals surface area contributed by atoms with Crippen molar-refractivity contribution in [2.75, 3.05) is 7.11 Å². The number of nitrogens with one attached hydrogen (secondary N) is 1. The van der Waals surface area contributed by atoms with Gasteiger partial charge in [-0.3, -0.25) is 4.79 Å². The quantitative estimate of drug-likeness (QED) is 0.762. The lowest BCUT2D eigenvalue weighted by Gasteiger charge is -2.10. The van der Waals surface area contributed by atoms with Crippen LogP contribution in [-0.2, 0) is 0 Å². The van der Waals surface area contributed by atoms with Crippen molar-refractivity contribution in [3.63, 3.8) is 0 Å². The van der Waals surface area contributed by atoms with E-state index >= 15 is 0 Å². The SMILES string of the molecule is COn1cnc(C)c1C(=O)NC(C)C. The van der Waals surface area contributed by atoms with E-state index in [1.165, 1.54) is 18.2 Å². The summed E-state index contributed by atoms with van der Waals surface area (Å²) in [5.74, 6) is -0.170. The van der Waals surface area contributed by atoms with Crippen LogP contribution in [0.15, 0.2) is 6.33 Å². The molecule has 0 aromatic carbocycles. The molecular weight excluding hydrogens is 182 g/mol. The Balaban J connectivity index is 2.93. The molecule has 0 aliphatic carbocycles. The summed E-state index contributed by atoms with van der Waals surface area (Å²) in [4.78, 5) is 20.6. The van der Waals surface area contributed by atoms with E-state index in [9.17, 15) is 4.79 Å². The van der Waals surface area contributed by atoms with Crippen LogP contribution in [0, 0.1) is 6.92 Å². The lowest BCUT2D eigenvalue weighted by molar-refractivity contribution is 0.0884. The molecule has 78 valence electrons. The molecule has 1 aromatic heterocycles. The fraction of sp³-hybridized carbons (Fsp3) is 0.556. The number of hydrogen-bond acceptors (Lipinski definition) is 3. The van der Waals surface area contributed by atoms with Crippen LogP contribution in [0.1, 0.15) is 30.0 Å². The Morgan fingerprint density at radius 3 is 2.79 bits per heavy atom. The van der Waals surface area contributed by atoms with Gasteiger partial charge in [-0.25, -0.2) is 4.98 Å². The first kappa shape index (κ1) is 10.6. The first-order chi connectivity index (χ1) is 6.56. The Morgan fingerprint density at radius 1 is 1.64 bits per heavy atom. The van der Waals surface area contributed by atoms with Crippen molar-refractivity contribution in [1.82, 2.24) is 15.0 Å². The molecule has 1 aromatic rings. The predicted molar refractivity (Wildman–Crippen MR) is 52.1 cm³/mol. The highest BCUT2D eigenvalue weighted by Crippen LogP contribution is 2.04. The molecule has 0 aliphatic rings. The molecule has 0 bridgehead atoms. The number of imidazole rings is 1. The number of carbonyl (C=O) groups is 1. The second-order valence-electron chi connectivity index (χ2n) is 3.32. The molecule has 5 nitrogen and oxygen atoms in total. The minimum Gasteiger partial charge on any atom is -0.415 e. The molecule has 0 atom stereocenters. The minimum atomic E-state index is -0.170. The van der Waals surface area contributed by atoms with Gasteiger partial charge in [-0.1, -0.05) is 0 Å². The van der Waals surface area contributed by atoms with Gasteiger partial charge in [0.15, 0.2) is 5.69 Å². The molecular formula is C9H15N3O2. The molecule has 1 N–H and O–H groups in total. The summed E-state index contributed by atoms with van der Waals surface area (Å²) in [5.41, 5.74) is 1.10. The summed E-state index contributed by atoms with van der Waals surface area (Å²) in [6.07, 6.45) is 1.48. The average Bonchev–Trinajstić information content (AvgIpc) is 2.45. The third kappa shape index (κ3) is 2.04. The maximum Gasteiger partial charge on any atom is 0.273 e. The zero-order chi connectivity index (χ0) is 10.7. The van der Waals surface area contributed by atoms with Crippen molar-refractivity contribution in [3.05, 3.63) is 17.7 Å².